The third-order valence-electron chi connectivity index (χ3n) is 6.66. The minimum Gasteiger partial charge on any atom is -0.463 e. The number of ether oxygens (including phenoxy) is 1. The van der Waals surface area contributed by atoms with E-state index in [-0.39, 0.29) is 12.2 Å². The predicted octanol–water partition coefficient (Wildman–Crippen LogP) is 5.97. The molecule has 1 atom stereocenters. The summed E-state index contributed by atoms with van der Waals surface area (Å²) in [4.78, 5) is 32.4. The smallest absolute Gasteiger partial charge is 0.338 e. The standard InChI is InChI=1S/C31H23BrN2O4S/c1-3-37-30(36)27-18(2)33-31-34(28(27)24-10-6-8-19-7-4-5-9-23(19)24)29(35)26(39-31)17-22-15-16-25(38-22)20-11-13-21(32)14-12-20/h4-17,28H,3H2,1-2H3/b26-17+. The van der Waals surface area contributed by atoms with Crippen LogP contribution in [-0.4, -0.2) is 17.1 Å². The van der Waals surface area contributed by atoms with Gasteiger partial charge in [-0.25, -0.2) is 9.79 Å². The van der Waals surface area contributed by atoms with Crippen LogP contribution in [0.3, 0.4) is 0 Å². The van der Waals surface area contributed by atoms with Gasteiger partial charge in [-0.15, -0.1) is 0 Å². The fourth-order valence-electron chi connectivity index (χ4n) is 4.90. The van der Waals surface area contributed by atoms with Crippen molar-refractivity contribution in [3.05, 3.63) is 126 Å². The van der Waals surface area contributed by atoms with Gasteiger partial charge in [0.15, 0.2) is 4.80 Å². The van der Waals surface area contributed by atoms with E-state index in [1.54, 1.807) is 24.5 Å². The van der Waals surface area contributed by atoms with Crippen LogP contribution < -0.4 is 14.9 Å². The summed E-state index contributed by atoms with van der Waals surface area (Å²) < 4.78 is 14.5. The Bertz CT molecular complexity index is 1940. The molecular formula is C31H23BrN2O4S. The van der Waals surface area contributed by atoms with Gasteiger partial charge in [0.05, 0.1) is 28.5 Å². The molecule has 0 amide bonds. The lowest BCUT2D eigenvalue weighted by atomic mass is 9.91. The molecule has 39 heavy (non-hydrogen) atoms. The molecule has 2 aromatic heterocycles. The average Bonchev–Trinajstić information content (AvgIpc) is 3.52. The van der Waals surface area contributed by atoms with E-state index in [0.29, 0.717) is 32.1 Å². The summed E-state index contributed by atoms with van der Waals surface area (Å²) >= 11 is 4.72. The summed E-state index contributed by atoms with van der Waals surface area (Å²) in [5, 5.41) is 1.98. The van der Waals surface area contributed by atoms with Crippen molar-refractivity contribution >= 4 is 50.1 Å². The molecule has 0 spiro atoms. The summed E-state index contributed by atoms with van der Waals surface area (Å²) in [6.45, 7) is 3.78. The number of benzene rings is 3. The van der Waals surface area contributed by atoms with Gasteiger partial charge >= 0.3 is 5.97 Å². The molecule has 0 radical (unpaired) electrons. The highest BCUT2D eigenvalue weighted by molar-refractivity contribution is 9.10. The number of hydrogen-bond donors (Lipinski definition) is 0. The first-order chi connectivity index (χ1) is 18.9. The van der Waals surface area contributed by atoms with Gasteiger partial charge in [0.2, 0.25) is 0 Å². The molecule has 3 aromatic carbocycles. The van der Waals surface area contributed by atoms with E-state index in [1.807, 2.05) is 78.9 Å². The molecule has 0 aliphatic carbocycles. The molecule has 0 fully saturated rings. The quantitative estimate of drug-likeness (QED) is 0.233. The maximum Gasteiger partial charge on any atom is 0.338 e. The fraction of sp³-hybridized carbons (Fsp3) is 0.129. The molecular weight excluding hydrogens is 576 g/mol. The maximum atomic E-state index is 13.9. The van der Waals surface area contributed by atoms with Gasteiger partial charge in [-0.1, -0.05) is 81.9 Å². The van der Waals surface area contributed by atoms with Gasteiger partial charge in [-0.3, -0.25) is 9.36 Å². The van der Waals surface area contributed by atoms with Crippen molar-refractivity contribution in [1.82, 2.24) is 4.57 Å². The Morgan fingerprint density at radius 1 is 1.08 bits per heavy atom. The lowest BCUT2D eigenvalue weighted by molar-refractivity contribution is -0.139. The molecule has 6 rings (SSSR count). The molecule has 0 bridgehead atoms. The van der Waals surface area contributed by atoms with Gasteiger partial charge in [-0.05, 0) is 54.4 Å². The number of allylic oxidation sites excluding steroid dienone is 1. The van der Waals surface area contributed by atoms with Crippen molar-refractivity contribution in [2.45, 2.75) is 19.9 Å². The summed E-state index contributed by atoms with van der Waals surface area (Å²) in [6.07, 6.45) is 1.73. The molecule has 0 saturated heterocycles. The number of carbonyl (C=O) groups is 1. The van der Waals surface area contributed by atoms with Gasteiger partial charge < -0.3 is 9.15 Å². The fourth-order valence-corrected chi connectivity index (χ4v) is 6.19. The van der Waals surface area contributed by atoms with Crippen molar-refractivity contribution in [2.24, 2.45) is 4.99 Å². The molecule has 0 N–H and O–H groups in total. The Kier molecular flexibility index (Phi) is 6.66. The molecule has 1 aliphatic rings. The predicted molar refractivity (Wildman–Crippen MR) is 156 cm³/mol. The van der Waals surface area contributed by atoms with Crippen LogP contribution in [-0.2, 0) is 9.53 Å². The highest BCUT2D eigenvalue weighted by Crippen LogP contribution is 2.35. The number of aromatic nitrogens is 1. The van der Waals surface area contributed by atoms with Crippen molar-refractivity contribution in [2.75, 3.05) is 6.61 Å². The van der Waals surface area contributed by atoms with Crippen LogP contribution in [0.5, 0.6) is 0 Å². The minimum atomic E-state index is -0.677. The molecule has 8 heteroatoms. The van der Waals surface area contributed by atoms with Gasteiger partial charge in [0, 0.05) is 16.1 Å². The van der Waals surface area contributed by atoms with Gasteiger partial charge in [0.25, 0.3) is 5.56 Å². The normalized spacial score (nSPS) is 15.4. The second-order valence-corrected chi connectivity index (χ2v) is 11.0. The van der Waals surface area contributed by atoms with Crippen molar-refractivity contribution in [1.29, 1.82) is 0 Å². The SMILES string of the molecule is CCOC(=O)C1=C(C)N=c2s/c(=C/c3ccc(-c4ccc(Br)cc4)o3)c(=O)n2C1c1cccc2ccccc12. The zero-order chi connectivity index (χ0) is 27.1. The van der Waals surface area contributed by atoms with E-state index in [2.05, 4.69) is 20.9 Å². The third kappa shape index (κ3) is 4.60. The first kappa shape index (κ1) is 25.3. The number of hydrogen-bond acceptors (Lipinski definition) is 6. The number of thiazole rings is 1. The molecule has 0 saturated carbocycles. The molecule has 3 heterocycles. The lowest BCUT2D eigenvalue weighted by Crippen LogP contribution is -2.40. The van der Waals surface area contributed by atoms with Crippen LogP contribution in [0, 0.1) is 0 Å². The minimum absolute atomic E-state index is 0.224. The Balaban J connectivity index is 1.53. The van der Waals surface area contributed by atoms with Crippen molar-refractivity contribution in [3.63, 3.8) is 0 Å². The van der Waals surface area contributed by atoms with Gasteiger partial charge in [0.1, 0.15) is 11.5 Å². The average molecular weight is 600 g/mol. The van der Waals surface area contributed by atoms with E-state index < -0.39 is 12.0 Å². The summed E-state index contributed by atoms with van der Waals surface area (Å²) in [7, 11) is 0. The van der Waals surface area contributed by atoms with Crippen LogP contribution in [0.4, 0.5) is 0 Å². The number of halogens is 1. The van der Waals surface area contributed by atoms with E-state index in [1.165, 1.54) is 11.3 Å². The Labute approximate surface area is 236 Å². The zero-order valence-corrected chi connectivity index (χ0v) is 23.6. The topological polar surface area (TPSA) is 73.8 Å². The van der Waals surface area contributed by atoms with E-state index >= 15 is 0 Å². The second-order valence-electron chi connectivity index (χ2n) is 9.08. The first-order valence-corrected chi connectivity index (χ1v) is 14.1. The number of fused-ring (bicyclic) bond motifs is 2. The van der Waals surface area contributed by atoms with Crippen LogP contribution in [0.15, 0.2) is 109 Å². The highest BCUT2D eigenvalue weighted by atomic mass is 79.9. The summed E-state index contributed by atoms with van der Waals surface area (Å²) in [6, 6.07) is 24.7. The lowest BCUT2D eigenvalue weighted by Gasteiger charge is -2.25. The molecule has 1 unspecified atom stereocenters. The van der Waals surface area contributed by atoms with E-state index in [0.717, 1.165) is 26.4 Å². The molecule has 194 valence electrons. The van der Waals surface area contributed by atoms with Gasteiger partial charge in [-0.2, -0.15) is 0 Å². The van der Waals surface area contributed by atoms with Crippen molar-refractivity contribution < 1.29 is 13.9 Å². The van der Waals surface area contributed by atoms with Crippen LogP contribution in [0.2, 0.25) is 0 Å². The van der Waals surface area contributed by atoms with Crippen molar-refractivity contribution in [3.8, 4) is 11.3 Å². The third-order valence-corrected chi connectivity index (χ3v) is 8.18. The number of esters is 1. The maximum absolute atomic E-state index is 13.9. The molecule has 5 aromatic rings. The Morgan fingerprint density at radius 2 is 1.85 bits per heavy atom. The zero-order valence-electron chi connectivity index (χ0n) is 21.2. The van der Waals surface area contributed by atoms with E-state index in [9.17, 15) is 9.59 Å². The molecule has 1 aliphatic heterocycles. The van der Waals surface area contributed by atoms with Crippen LogP contribution >= 0.6 is 27.3 Å². The Hall–Kier alpha value is -4.01. The number of furan rings is 1. The first-order valence-electron chi connectivity index (χ1n) is 12.5. The number of nitrogens with zero attached hydrogens (tertiary/aromatic N) is 2. The number of carbonyl (C=O) groups excluding carboxylic acids is 1. The summed E-state index contributed by atoms with van der Waals surface area (Å²) in [5.41, 5.74) is 2.43. The highest BCUT2D eigenvalue weighted by Gasteiger charge is 2.34. The van der Waals surface area contributed by atoms with E-state index in [4.69, 9.17) is 9.15 Å². The summed E-state index contributed by atoms with van der Waals surface area (Å²) in [5.74, 6) is 0.785. The Morgan fingerprint density at radius 3 is 2.64 bits per heavy atom. The largest absolute Gasteiger partial charge is 0.463 e. The monoisotopic (exact) mass is 598 g/mol. The number of rotatable bonds is 5. The van der Waals surface area contributed by atoms with Crippen LogP contribution in [0.1, 0.15) is 31.2 Å². The molecule has 6 nitrogen and oxygen atoms in total. The van der Waals surface area contributed by atoms with Crippen LogP contribution in [0.25, 0.3) is 28.2 Å². The second kappa shape index (κ2) is 10.3.